The lowest BCUT2D eigenvalue weighted by molar-refractivity contribution is 1.08. The van der Waals surface area contributed by atoms with Crippen molar-refractivity contribution in [3.63, 3.8) is 0 Å². The summed E-state index contributed by atoms with van der Waals surface area (Å²) in [4.78, 5) is 14.8. The van der Waals surface area contributed by atoms with Crippen molar-refractivity contribution in [2.75, 3.05) is 0 Å². The molecule has 49 heavy (non-hydrogen) atoms. The lowest BCUT2D eigenvalue weighted by Crippen LogP contribution is -2.00. The SMILES string of the molecule is [2H]c1c([2H])c([2H])c2c(c1[2H])c1c([2H])c([2H])c([2H])c([2H])c1c1c([2H])c(-c3ccc(-c4nc(-c5ccccc5)nc(-c5cccc6c5sc5ccccc56)n4)cc3)c([2H])c([2H])c21. The fourth-order valence-corrected chi connectivity index (χ4v) is 7.56. The molecule has 2 heterocycles. The maximum absolute atomic E-state index is 9.57. The molecule has 0 bridgehead atoms. The van der Waals surface area contributed by atoms with Crippen LogP contribution in [0.5, 0.6) is 0 Å². The van der Waals surface area contributed by atoms with Crippen LogP contribution in [-0.4, -0.2) is 15.0 Å². The predicted molar refractivity (Wildman–Crippen MR) is 207 cm³/mol. The zero-order valence-electron chi connectivity index (χ0n) is 36.5. The second-order valence-corrected chi connectivity index (χ2v) is 12.6. The summed E-state index contributed by atoms with van der Waals surface area (Å²) in [6.45, 7) is 0. The molecule has 10 rings (SSSR count). The Hall–Kier alpha value is -6.23. The molecule has 10 aromatic rings. The molecule has 0 radical (unpaired) electrons. The van der Waals surface area contributed by atoms with Crippen LogP contribution in [0.25, 0.3) is 97.8 Å². The van der Waals surface area contributed by atoms with Crippen molar-refractivity contribution in [2.24, 2.45) is 0 Å². The summed E-state index contributed by atoms with van der Waals surface area (Å²) in [5, 5.41) is 1.23. The van der Waals surface area contributed by atoms with Gasteiger partial charge in [-0.25, -0.2) is 15.0 Å². The zero-order valence-corrected chi connectivity index (χ0v) is 26.3. The minimum Gasteiger partial charge on any atom is -0.208 e. The van der Waals surface area contributed by atoms with Gasteiger partial charge in [-0.3, -0.25) is 0 Å². The molecule has 0 fully saturated rings. The van der Waals surface area contributed by atoms with Gasteiger partial charge in [-0.05, 0) is 61.6 Å². The van der Waals surface area contributed by atoms with Crippen molar-refractivity contribution < 1.29 is 15.1 Å². The second-order valence-electron chi connectivity index (χ2n) is 11.5. The molecule has 0 unspecified atom stereocenters. The average Bonchev–Trinajstić information content (AvgIpc) is 3.66. The molecule has 0 amide bonds. The van der Waals surface area contributed by atoms with Crippen LogP contribution in [0.4, 0.5) is 0 Å². The van der Waals surface area contributed by atoms with Crippen molar-refractivity contribution in [3.8, 4) is 45.3 Å². The highest BCUT2D eigenvalue weighted by Crippen LogP contribution is 2.40. The first kappa shape index (κ1) is 18.9. The quantitative estimate of drug-likeness (QED) is 0.178. The molecular formula is C45H27N3S. The maximum atomic E-state index is 9.57. The predicted octanol–water partition coefficient (Wildman–Crippen LogP) is 12.4. The van der Waals surface area contributed by atoms with Gasteiger partial charge >= 0.3 is 0 Å². The van der Waals surface area contributed by atoms with E-state index in [0.29, 0.717) is 28.6 Å². The molecule has 0 saturated carbocycles. The Bertz CT molecular complexity index is 3460. The maximum Gasteiger partial charge on any atom is 0.165 e. The second kappa shape index (κ2) is 11.2. The van der Waals surface area contributed by atoms with E-state index < -0.39 is 54.4 Å². The van der Waals surface area contributed by atoms with Gasteiger partial charge in [-0.15, -0.1) is 11.3 Å². The number of aromatic nitrogens is 3. The topological polar surface area (TPSA) is 38.7 Å². The van der Waals surface area contributed by atoms with Gasteiger partial charge in [0.25, 0.3) is 0 Å². The normalized spacial score (nSPS) is 14.8. The van der Waals surface area contributed by atoms with Crippen LogP contribution in [0.2, 0.25) is 0 Å². The number of hydrogen-bond acceptors (Lipinski definition) is 4. The van der Waals surface area contributed by atoms with E-state index in [1.807, 2.05) is 54.6 Å². The zero-order chi connectivity index (χ0) is 41.9. The van der Waals surface area contributed by atoms with E-state index in [9.17, 15) is 4.11 Å². The van der Waals surface area contributed by atoms with Gasteiger partial charge in [-0.2, -0.15) is 0 Å². The summed E-state index contributed by atoms with van der Waals surface area (Å²) in [6, 6.07) is 25.0. The Labute approximate surface area is 302 Å². The number of thiophene rings is 1. The standard InChI is InChI=1S/C45H27N3S/c1-2-11-29(12-3-1)43-46-44(48-45(47-43)39-19-10-18-38-37-17-8-9-20-41(37)49-42(38)39)30-23-21-28(22-24-30)31-25-26-36-34-15-5-4-13-32(34)33-14-6-7-16-35(33)40(36)27-31/h1-27H/i4D,5D,6D,7D,13D,14D,15D,16D,25D,26D,27D. The fourth-order valence-electron chi connectivity index (χ4n) is 6.35. The van der Waals surface area contributed by atoms with Crippen LogP contribution in [0.1, 0.15) is 15.1 Å². The molecule has 0 spiro atoms. The molecule has 0 N–H and O–H groups in total. The molecule has 0 saturated heterocycles. The minimum absolute atomic E-state index is 0.00528. The average molecular weight is 653 g/mol. The van der Waals surface area contributed by atoms with E-state index in [1.165, 1.54) is 0 Å². The van der Waals surface area contributed by atoms with Crippen molar-refractivity contribution in [1.82, 2.24) is 15.0 Å². The molecule has 0 aliphatic carbocycles. The lowest BCUT2D eigenvalue weighted by Gasteiger charge is -2.12. The monoisotopic (exact) mass is 652 g/mol. The Morgan fingerprint density at radius 1 is 0.388 bits per heavy atom. The van der Waals surface area contributed by atoms with E-state index in [1.54, 1.807) is 35.6 Å². The molecule has 228 valence electrons. The molecule has 0 atom stereocenters. The van der Waals surface area contributed by atoms with Crippen LogP contribution in [0, 0.1) is 0 Å². The number of fused-ring (bicyclic) bond motifs is 9. The Kier molecular flexibility index (Phi) is 4.33. The van der Waals surface area contributed by atoms with Crippen LogP contribution >= 0.6 is 11.3 Å². The third-order valence-corrected chi connectivity index (χ3v) is 9.90. The fraction of sp³-hybridized carbons (Fsp3) is 0. The highest BCUT2D eigenvalue weighted by Gasteiger charge is 2.17. The van der Waals surface area contributed by atoms with Crippen molar-refractivity contribution in [1.29, 1.82) is 0 Å². The van der Waals surface area contributed by atoms with Crippen LogP contribution < -0.4 is 0 Å². The van der Waals surface area contributed by atoms with E-state index >= 15 is 0 Å². The third kappa shape index (κ3) is 4.61. The minimum atomic E-state index is -0.612. The van der Waals surface area contributed by atoms with E-state index in [4.69, 9.17) is 25.9 Å². The molecule has 8 aromatic carbocycles. The number of nitrogens with zero attached hydrogens (tertiary/aromatic N) is 3. The van der Waals surface area contributed by atoms with E-state index in [0.717, 1.165) is 31.3 Å². The van der Waals surface area contributed by atoms with Crippen LogP contribution in [-0.2, 0) is 0 Å². The molecule has 4 heteroatoms. The largest absolute Gasteiger partial charge is 0.208 e. The summed E-state index contributed by atoms with van der Waals surface area (Å²) in [7, 11) is 0. The molecule has 0 aliphatic rings. The van der Waals surface area contributed by atoms with E-state index in [-0.39, 0.29) is 50.0 Å². The van der Waals surface area contributed by atoms with Crippen molar-refractivity contribution in [2.45, 2.75) is 0 Å². The van der Waals surface area contributed by atoms with Gasteiger partial charge in [0.15, 0.2) is 17.5 Å². The summed E-state index contributed by atoms with van der Waals surface area (Å²) in [5.74, 6) is 1.33. The Morgan fingerprint density at radius 3 is 1.65 bits per heavy atom. The van der Waals surface area contributed by atoms with E-state index in [2.05, 4.69) is 18.2 Å². The van der Waals surface area contributed by atoms with Gasteiger partial charge < -0.3 is 0 Å². The van der Waals surface area contributed by atoms with Crippen molar-refractivity contribution >= 4 is 63.8 Å². The van der Waals surface area contributed by atoms with Crippen LogP contribution in [0.15, 0.2) is 164 Å². The summed E-state index contributed by atoms with van der Waals surface area (Å²) >= 11 is 1.67. The Balaban J connectivity index is 1.20. The molecule has 0 aliphatic heterocycles. The van der Waals surface area contributed by atoms with Gasteiger partial charge in [0.1, 0.15) is 0 Å². The van der Waals surface area contributed by atoms with Crippen molar-refractivity contribution in [3.05, 3.63) is 164 Å². The van der Waals surface area contributed by atoms with Gasteiger partial charge in [-0.1, -0.05) is 145 Å². The summed E-state index contributed by atoms with van der Waals surface area (Å²) in [6.07, 6.45) is 0. The third-order valence-electron chi connectivity index (χ3n) is 8.68. The highest BCUT2D eigenvalue weighted by molar-refractivity contribution is 7.26. The smallest absolute Gasteiger partial charge is 0.165 e. The molecule has 2 aromatic heterocycles. The van der Waals surface area contributed by atoms with Gasteiger partial charge in [0, 0.05) is 36.9 Å². The first-order valence-electron chi connectivity index (χ1n) is 21.1. The van der Waals surface area contributed by atoms with Gasteiger partial charge in [0.2, 0.25) is 0 Å². The van der Waals surface area contributed by atoms with Crippen LogP contribution in [0.3, 0.4) is 0 Å². The number of hydrogen-bond donors (Lipinski definition) is 0. The lowest BCUT2D eigenvalue weighted by atomic mass is 9.92. The first-order chi connectivity index (χ1) is 28.9. The molecular weight excluding hydrogens is 615 g/mol. The molecule has 3 nitrogen and oxygen atoms in total. The summed E-state index contributed by atoms with van der Waals surface area (Å²) < 4.78 is 99.5. The number of benzene rings is 8. The first-order valence-corrected chi connectivity index (χ1v) is 16.4. The number of rotatable bonds is 4. The van der Waals surface area contributed by atoms with Gasteiger partial charge in [0.05, 0.1) is 15.1 Å². The Morgan fingerprint density at radius 2 is 0.939 bits per heavy atom. The highest BCUT2D eigenvalue weighted by atomic mass is 32.1. The summed E-state index contributed by atoms with van der Waals surface area (Å²) in [5.41, 5.74) is 2.62.